The van der Waals surface area contributed by atoms with Crippen molar-refractivity contribution in [2.45, 2.75) is 0 Å². The molecule has 72 valence electrons. The lowest BCUT2D eigenvalue weighted by atomic mass is 10.2. The van der Waals surface area contributed by atoms with Crippen LogP contribution in [0.2, 0.25) is 5.02 Å². The number of hydrogen-bond acceptors (Lipinski definition) is 2. The van der Waals surface area contributed by atoms with E-state index in [-0.39, 0.29) is 9.86 Å². The Morgan fingerprint density at radius 3 is 2.79 bits per heavy atom. The van der Waals surface area contributed by atoms with Crippen LogP contribution >= 0.6 is 23.8 Å². The molecule has 0 unspecified atom stereocenters. The number of halogens is 2. The number of hydrogen-bond donors (Lipinski definition) is 1. The molecule has 0 amide bonds. The standard InChI is InChI=1S/C9H5ClFNOS/c10-6-3-5(1-2-7(6)11)8-4-13-9(14)12-8/h1-4H,(H,12,14). The van der Waals surface area contributed by atoms with Gasteiger partial charge in [-0.3, -0.25) is 0 Å². The molecule has 0 spiro atoms. The van der Waals surface area contributed by atoms with Gasteiger partial charge in [0.15, 0.2) is 0 Å². The van der Waals surface area contributed by atoms with Crippen molar-refractivity contribution in [1.29, 1.82) is 0 Å². The van der Waals surface area contributed by atoms with Crippen LogP contribution in [0.15, 0.2) is 28.9 Å². The molecule has 1 heterocycles. The third kappa shape index (κ3) is 1.71. The summed E-state index contributed by atoms with van der Waals surface area (Å²) in [5.41, 5.74) is 1.41. The van der Waals surface area contributed by atoms with E-state index in [0.29, 0.717) is 5.69 Å². The zero-order chi connectivity index (χ0) is 10.1. The average molecular weight is 230 g/mol. The third-order valence-corrected chi connectivity index (χ3v) is 2.24. The minimum absolute atomic E-state index is 0.0722. The third-order valence-electron chi connectivity index (χ3n) is 1.75. The fraction of sp³-hybridized carbons (Fsp3) is 0. The van der Waals surface area contributed by atoms with E-state index in [9.17, 15) is 4.39 Å². The summed E-state index contributed by atoms with van der Waals surface area (Å²) in [6, 6.07) is 4.39. The van der Waals surface area contributed by atoms with Crippen LogP contribution in [0.5, 0.6) is 0 Å². The number of rotatable bonds is 1. The van der Waals surface area contributed by atoms with E-state index >= 15 is 0 Å². The molecule has 2 aromatic rings. The van der Waals surface area contributed by atoms with Gasteiger partial charge < -0.3 is 9.40 Å². The maximum absolute atomic E-state index is 12.8. The molecule has 1 aromatic carbocycles. The normalized spacial score (nSPS) is 10.4. The van der Waals surface area contributed by atoms with Crippen LogP contribution < -0.4 is 0 Å². The molecule has 0 aliphatic carbocycles. The highest BCUT2D eigenvalue weighted by Crippen LogP contribution is 2.23. The minimum atomic E-state index is -0.447. The van der Waals surface area contributed by atoms with Crippen LogP contribution in [0, 0.1) is 10.7 Å². The minimum Gasteiger partial charge on any atom is -0.437 e. The number of aromatic amines is 1. The molecule has 0 radical (unpaired) electrons. The van der Waals surface area contributed by atoms with Crippen molar-refractivity contribution in [2.24, 2.45) is 0 Å². The van der Waals surface area contributed by atoms with Gasteiger partial charge >= 0.3 is 0 Å². The summed E-state index contributed by atoms with van der Waals surface area (Å²) in [5, 5.41) is 0.0722. The van der Waals surface area contributed by atoms with E-state index in [1.165, 1.54) is 18.4 Å². The lowest BCUT2D eigenvalue weighted by Gasteiger charge is -1.97. The van der Waals surface area contributed by atoms with Crippen LogP contribution in [0.3, 0.4) is 0 Å². The van der Waals surface area contributed by atoms with Crippen LogP contribution in [0.4, 0.5) is 4.39 Å². The van der Waals surface area contributed by atoms with Crippen molar-refractivity contribution < 1.29 is 8.81 Å². The second-order valence-electron chi connectivity index (χ2n) is 2.69. The number of H-pyrrole nitrogens is 1. The highest BCUT2D eigenvalue weighted by Gasteiger charge is 2.04. The number of benzene rings is 1. The highest BCUT2D eigenvalue weighted by molar-refractivity contribution is 7.71. The highest BCUT2D eigenvalue weighted by atomic mass is 35.5. The van der Waals surface area contributed by atoms with Gasteiger partial charge in [-0.25, -0.2) is 4.39 Å². The monoisotopic (exact) mass is 229 g/mol. The van der Waals surface area contributed by atoms with E-state index < -0.39 is 5.82 Å². The summed E-state index contributed by atoms with van der Waals surface area (Å²) in [6.07, 6.45) is 1.46. The summed E-state index contributed by atoms with van der Waals surface area (Å²) in [4.78, 5) is 3.08. The first-order chi connectivity index (χ1) is 6.66. The quantitative estimate of drug-likeness (QED) is 0.754. The molecule has 0 saturated heterocycles. The molecule has 0 bridgehead atoms. The molecule has 0 atom stereocenters. The maximum Gasteiger partial charge on any atom is 0.266 e. The molecule has 0 fully saturated rings. The van der Waals surface area contributed by atoms with Gasteiger partial charge in [0, 0.05) is 5.56 Å². The van der Waals surface area contributed by atoms with Crippen LogP contribution in [-0.4, -0.2) is 4.98 Å². The Balaban J connectivity index is 2.52. The van der Waals surface area contributed by atoms with Gasteiger partial charge in [-0.1, -0.05) is 11.6 Å². The first-order valence-electron chi connectivity index (χ1n) is 3.80. The predicted octanol–water partition coefficient (Wildman–Crippen LogP) is 3.80. The molecular weight excluding hydrogens is 225 g/mol. The molecule has 0 aliphatic rings. The second-order valence-corrected chi connectivity index (χ2v) is 3.47. The Hall–Kier alpha value is -1.13. The SMILES string of the molecule is Fc1ccc(-c2coc(=S)[nH]2)cc1Cl. The zero-order valence-corrected chi connectivity index (χ0v) is 8.45. The van der Waals surface area contributed by atoms with Gasteiger partial charge in [0.05, 0.1) is 10.7 Å². The second kappa shape index (κ2) is 3.55. The Morgan fingerprint density at radius 2 is 2.21 bits per heavy atom. The summed E-state index contributed by atoms with van der Waals surface area (Å²) < 4.78 is 17.7. The van der Waals surface area contributed by atoms with E-state index in [2.05, 4.69) is 4.98 Å². The summed E-state index contributed by atoms with van der Waals surface area (Å²) in [5.74, 6) is -0.447. The van der Waals surface area contributed by atoms with Crippen molar-refractivity contribution in [1.82, 2.24) is 4.98 Å². The predicted molar refractivity (Wildman–Crippen MR) is 54.3 cm³/mol. The first kappa shape index (κ1) is 9.43. The van der Waals surface area contributed by atoms with E-state index in [1.807, 2.05) is 0 Å². The van der Waals surface area contributed by atoms with Crippen molar-refractivity contribution in [3.8, 4) is 11.3 Å². The molecule has 14 heavy (non-hydrogen) atoms. The van der Waals surface area contributed by atoms with Crippen molar-refractivity contribution in [3.05, 3.63) is 40.1 Å². The first-order valence-corrected chi connectivity index (χ1v) is 4.58. The largest absolute Gasteiger partial charge is 0.437 e. The fourth-order valence-electron chi connectivity index (χ4n) is 1.09. The van der Waals surface area contributed by atoms with Gasteiger partial charge in [0.1, 0.15) is 12.1 Å². The van der Waals surface area contributed by atoms with Gasteiger partial charge in [0.2, 0.25) is 0 Å². The zero-order valence-electron chi connectivity index (χ0n) is 6.88. The van der Waals surface area contributed by atoms with Gasteiger partial charge in [-0.15, -0.1) is 0 Å². The fourth-order valence-corrected chi connectivity index (χ4v) is 1.42. The maximum atomic E-state index is 12.8. The molecule has 2 nitrogen and oxygen atoms in total. The smallest absolute Gasteiger partial charge is 0.266 e. The van der Waals surface area contributed by atoms with Gasteiger partial charge in [0.25, 0.3) is 4.84 Å². The Labute approximate surface area is 89.3 Å². The van der Waals surface area contributed by atoms with Gasteiger partial charge in [-0.05, 0) is 30.4 Å². The molecule has 0 saturated carbocycles. The number of aromatic nitrogens is 1. The van der Waals surface area contributed by atoms with Crippen LogP contribution in [0.1, 0.15) is 0 Å². The summed E-state index contributed by atoms with van der Waals surface area (Å²) in [7, 11) is 0. The average Bonchev–Trinajstić information content (AvgIpc) is 2.57. The molecule has 1 N–H and O–H groups in total. The summed E-state index contributed by atoms with van der Waals surface area (Å²) in [6.45, 7) is 0. The van der Waals surface area contributed by atoms with E-state index in [1.54, 1.807) is 6.07 Å². The van der Waals surface area contributed by atoms with E-state index in [4.69, 9.17) is 28.2 Å². The molecule has 2 rings (SSSR count). The molecular formula is C9H5ClFNOS. The number of nitrogens with one attached hydrogen (secondary N) is 1. The summed E-state index contributed by atoms with van der Waals surface area (Å²) >= 11 is 10.4. The number of oxazole rings is 1. The molecule has 1 aromatic heterocycles. The van der Waals surface area contributed by atoms with E-state index in [0.717, 1.165) is 5.56 Å². The lowest BCUT2D eigenvalue weighted by Crippen LogP contribution is -1.80. The molecule has 0 aliphatic heterocycles. The Morgan fingerprint density at radius 1 is 1.43 bits per heavy atom. The van der Waals surface area contributed by atoms with Crippen LogP contribution in [-0.2, 0) is 0 Å². The Kier molecular flexibility index (Phi) is 2.39. The Bertz CT molecular complexity index is 520. The topological polar surface area (TPSA) is 28.9 Å². The van der Waals surface area contributed by atoms with Gasteiger partial charge in [-0.2, -0.15) is 0 Å². The van der Waals surface area contributed by atoms with Crippen LogP contribution in [0.25, 0.3) is 11.3 Å². The molecule has 5 heteroatoms. The van der Waals surface area contributed by atoms with Crippen molar-refractivity contribution in [2.75, 3.05) is 0 Å². The lowest BCUT2D eigenvalue weighted by molar-refractivity contribution is 0.541. The van der Waals surface area contributed by atoms with Crippen molar-refractivity contribution >= 4 is 23.8 Å². The van der Waals surface area contributed by atoms with Crippen molar-refractivity contribution in [3.63, 3.8) is 0 Å².